The van der Waals surface area contributed by atoms with E-state index >= 15 is 0 Å². The second-order valence-corrected chi connectivity index (χ2v) is 5.20. The third kappa shape index (κ3) is 2.87. The van der Waals surface area contributed by atoms with Crippen LogP contribution in [0.15, 0.2) is 6.07 Å². The van der Waals surface area contributed by atoms with Crippen molar-refractivity contribution in [3.63, 3.8) is 0 Å². The molecule has 17 heavy (non-hydrogen) atoms. The van der Waals surface area contributed by atoms with Gasteiger partial charge in [0.15, 0.2) is 0 Å². The van der Waals surface area contributed by atoms with E-state index in [1.165, 1.54) is 12.1 Å². The molecule has 2 rings (SSSR count). The third-order valence-corrected chi connectivity index (χ3v) is 3.66. The summed E-state index contributed by atoms with van der Waals surface area (Å²) in [5.41, 5.74) is 2.42. The fourth-order valence-electron chi connectivity index (χ4n) is 2.65. The van der Waals surface area contributed by atoms with E-state index in [0.717, 1.165) is 25.3 Å². The van der Waals surface area contributed by atoms with Crippen LogP contribution in [-0.4, -0.2) is 39.9 Å². The zero-order valence-corrected chi connectivity index (χ0v) is 11.4. The number of hydrogen-bond acceptors (Lipinski definition) is 3. The maximum Gasteiger partial charge on any atom is 0.0597 e. The Kier molecular flexibility index (Phi) is 3.84. The molecule has 1 aromatic rings. The van der Waals surface area contributed by atoms with Crippen molar-refractivity contribution in [1.82, 2.24) is 20.0 Å². The Morgan fingerprint density at radius 3 is 2.88 bits per heavy atom. The van der Waals surface area contributed by atoms with Crippen molar-refractivity contribution in [2.45, 2.75) is 45.8 Å². The topological polar surface area (TPSA) is 33.1 Å². The first-order chi connectivity index (χ1) is 8.10. The Balaban J connectivity index is 2.07. The molecular weight excluding hydrogens is 212 g/mol. The molecule has 1 N–H and O–H groups in total. The summed E-state index contributed by atoms with van der Waals surface area (Å²) in [6.45, 7) is 9.83. The van der Waals surface area contributed by atoms with Gasteiger partial charge in [0.25, 0.3) is 0 Å². The predicted molar refractivity (Wildman–Crippen MR) is 69.9 cm³/mol. The lowest BCUT2D eigenvalue weighted by Crippen LogP contribution is -2.54. The number of aromatic nitrogens is 2. The van der Waals surface area contributed by atoms with Gasteiger partial charge in [0.05, 0.1) is 11.4 Å². The molecule has 0 amide bonds. The van der Waals surface area contributed by atoms with E-state index in [1.807, 2.05) is 11.7 Å². The summed E-state index contributed by atoms with van der Waals surface area (Å²) in [5.74, 6) is 0. The lowest BCUT2D eigenvalue weighted by atomic mass is 10.1. The van der Waals surface area contributed by atoms with Crippen molar-refractivity contribution < 1.29 is 0 Å². The second-order valence-electron chi connectivity index (χ2n) is 5.20. The molecule has 4 nitrogen and oxygen atoms in total. The smallest absolute Gasteiger partial charge is 0.0597 e. The van der Waals surface area contributed by atoms with Crippen LogP contribution in [-0.2, 0) is 13.6 Å². The van der Waals surface area contributed by atoms with Crippen LogP contribution in [0.25, 0.3) is 0 Å². The van der Waals surface area contributed by atoms with Gasteiger partial charge in [0.2, 0.25) is 0 Å². The van der Waals surface area contributed by atoms with E-state index in [4.69, 9.17) is 0 Å². The molecule has 0 aromatic carbocycles. The maximum atomic E-state index is 4.42. The van der Waals surface area contributed by atoms with Crippen molar-refractivity contribution >= 4 is 0 Å². The number of nitrogens with zero attached hydrogens (tertiary/aromatic N) is 3. The average Bonchev–Trinajstić information content (AvgIpc) is 2.58. The van der Waals surface area contributed by atoms with Gasteiger partial charge >= 0.3 is 0 Å². The van der Waals surface area contributed by atoms with Crippen LogP contribution < -0.4 is 5.32 Å². The van der Waals surface area contributed by atoms with Crippen LogP contribution in [0.5, 0.6) is 0 Å². The van der Waals surface area contributed by atoms with Gasteiger partial charge in [-0.15, -0.1) is 0 Å². The van der Waals surface area contributed by atoms with Crippen LogP contribution in [0.1, 0.15) is 31.7 Å². The quantitative estimate of drug-likeness (QED) is 0.859. The number of piperazine rings is 1. The molecule has 0 saturated carbocycles. The van der Waals surface area contributed by atoms with Gasteiger partial charge in [-0.2, -0.15) is 5.10 Å². The lowest BCUT2D eigenvalue weighted by molar-refractivity contribution is 0.121. The molecule has 0 aliphatic carbocycles. The lowest BCUT2D eigenvalue weighted by Gasteiger charge is -2.38. The van der Waals surface area contributed by atoms with Crippen molar-refractivity contribution in [3.05, 3.63) is 17.5 Å². The summed E-state index contributed by atoms with van der Waals surface area (Å²) in [6.07, 6.45) is 1.20. The SMILES string of the molecule is CCC1CNC(C)CN1Cc1cc(C)nn1C. The van der Waals surface area contributed by atoms with Crippen molar-refractivity contribution in [2.24, 2.45) is 7.05 Å². The van der Waals surface area contributed by atoms with Crippen LogP contribution >= 0.6 is 0 Å². The molecule has 96 valence electrons. The fraction of sp³-hybridized carbons (Fsp3) is 0.769. The summed E-state index contributed by atoms with van der Waals surface area (Å²) >= 11 is 0. The van der Waals surface area contributed by atoms with Gasteiger partial charge in [0, 0.05) is 38.8 Å². The first kappa shape index (κ1) is 12.6. The largest absolute Gasteiger partial charge is 0.311 e. The molecule has 2 unspecified atom stereocenters. The minimum absolute atomic E-state index is 0.590. The van der Waals surface area contributed by atoms with Gasteiger partial charge in [-0.1, -0.05) is 6.92 Å². The van der Waals surface area contributed by atoms with E-state index in [1.54, 1.807) is 0 Å². The summed E-state index contributed by atoms with van der Waals surface area (Å²) in [5, 5.41) is 7.98. The van der Waals surface area contributed by atoms with Gasteiger partial charge in [-0.25, -0.2) is 0 Å². The highest BCUT2D eigenvalue weighted by Crippen LogP contribution is 2.15. The van der Waals surface area contributed by atoms with E-state index < -0.39 is 0 Å². The second kappa shape index (κ2) is 5.19. The van der Waals surface area contributed by atoms with Crippen LogP contribution in [0.4, 0.5) is 0 Å². The highest BCUT2D eigenvalue weighted by Gasteiger charge is 2.25. The van der Waals surface area contributed by atoms with Gasteiger partial charge < -0.3 is 5.32 Å². The Morgan fingerprint density at radius 2 is 2.29 bits per heavy atom. The highest BCUT2D eigenvalue weighted by molar-refractivity contribution is 5.09. The molecule has 4 heteroatoms. The zero-order valence-electron chi connectivity index (χ0n) is 11.4. The molecule has 2 atom stereocenters. The van der Waals surface area contributed by atoms with Crippen molar-refractivity contribution in [1.29, 1.82) is 0 Å². The molecule has 0 radical (unpaired) electrons. The van der Waals surface area contributed by atoms with E-state index in [2.05, 4.69) is 42.2 Å². The minimum Gasteiger partial charge on any atom is -0.311 e. The molecule has 0 bridgehead atoms. The molecule has 1 aliphatic heterocycles. The maximum absolute atomic E-state index is 4.42. The Hall–Kier alpha value is -0.870. The first-order valence-corrected chi connectivity index (χ1v) is 6.57. The summed E-state index contributed by atoms with van der Waals surface area (Å²) < 4.78 is 2.01. The molecule has 1 saturated heterocycles. The summed E-state index contributed by atoms with van der Waals surface area (Å²) in [4.78, 5) is 2.58. The monoisotopic (exact) mass is 236 g/mol. The number of hydrogen-bond donors (Lipinski definition) is 1. The van der Waals surface area contributed by atoms with Crippen LogP contribution in [0.3, 0.4) is 0 Å². The van der Waals surface area contributed by atoms with E-state index in [0.29, 0.717) is 12.1 Å². The normalized spacial score (nSPS) is 26.4. The standard InChI is InChI=1S/C13H24N4/c1-5-12-7-14-11(3)8-17(12)9-13-6-10(2)15-16(13)4/h6,11-12,14H,5,7-9H2,1-4H3. The highest BCUT2D eigenvalue weighted by atomic mass is 15.3. The number of aryl methyl sites for hydroxylation is 2. The average molecular weight is 236 g/mol. The van der Waals surface area contributed by atoms with Crippen molar-refractivity contribution in [2.75, 3.05) is 13.1 Å². The van der Waals surface area contributed by atoms with Gasteiger partial charge in [-0.05, 0) is 26.3 Å². The minimum atomic E-state index is 0.590. The molecule has 1 aromatic heterocycles. The fourth-order valence-corrected chi connectivity index (χ4v) is 2.65. The van der Waals surface area contributed by atoms with E-state index in [9.17, 15) is 0 Å². The molecule has 0 spiro atoms. The summed E-state index contributed by atoms with van der Waals surface area (Å²) in [7, 11) is 2.04. The summed E-state index contributed by atoms with van der Waals surface area (Å²) in [6, 6.07) is 3.44. The molecule has 1 fully saturated rings. The number of rotatable bonds is 3. The Bertz CT molecular complexity index is 371. The molecule has 2 heterocycles. The van der Waals surface area contributed by atoms with Gasteiger partial charge in [0.1, 0.15) is 0 Å². The van der Waals surface area contributed by atoms with Crippen molar-refractivity contribution in [3.8, 4) is 0 Å². The van der Waals surface area contributed by atoms with Crippen LogP contribution in [0.2, 0.25) is 0 Å². The molecular formula is C13H24N4. The predicted octanol–water partition coefficient (Wildman–Crippen LogP) is 1.30. The zero-order chi connectivity index (χ0) is 12.4. The third-order valence-electron chi connectivity index (χ3n) is 3.66. The first-order valence-electron chi connectivity index (χ1n) is 6.57. The van der Waals surface area contributed by atoms with E-state index in [-0.39, 0.29) is 0 Å². The Morgan fingerprint density at radius 1 is 1.53 bits per heavy atom. The number of nitrogens with one attached hydrogen (secondary N) is 1. The Labute approximate surface area is 104 Å². The molecule has 1 aliphatic rings. The van der Waals surface area contributed by atoms with Gasteiger partial charge in [-0.3, -0.25) is 9.58 Å². The van der Waals surface area contributed by atoms with Crippen LogP contribution in [0, 0.1) is 6.92 Å².